The third-order valence-corrected chi connectivity index (χ3v) is 11.7. The highest BCUT2D eigenvalue weighted by molar-refractivity contribution is 7.99. The largest absolute Gasteiger partial charge is 0.162 e. The Labute approximate surface area is 186 Å². The molecule has 0 aliphatic heterocycles. The van der Waals surface area contributed by atoms with Crippen molar-refractivity contribution in [3.8, 4) is 0 Å². The summed E-state index contributed by atoms with van der Waals surface area (Å²) in [5.41, 5.74) is 3.04. The number of rotatable bonds is 6. The normalized spacial score (nSPS) is 45.3. The molecule has 0 amide bonds. The van der Waals surface area contributed by atoms with Gasteiger partial charge in [0, 0.05) is 5.25 Å². The fourth-order valence-electron chi connectivity index (χ4n) is 8.85. The summed E-state index contributed by atoms with van der Waals surface area (Å²) < 4.78 is 0. The Morgan fingerprint density at radius 1 is 1.00 bits per heavy atom. The molecule has 29 heavy (non-hydrogen) atoms. The second kappa shape index (κ2) is 8.55. The van der Waals surface area contributed by atoms with Crippen molar-refractivity contribution in [1.82, 2.24) is 0 Å². The van der Waals surface area contributed by atoms with Gasteiger partial charge in [-0.15, -0.1) is 0 Å². The van der Waals surface area contributed by atoms with Crippen LogP contribution in [0.4, 0.5) is 0 Å². The summed E-state index contributed by atoms with van der Waals surface area (Å²) in [5, 5.41) is 0.891. The zero-order valence-electron chi connectivity index (χ0n) is 20.3. The van der Waals surface area contributed by atoms with E-state index in [1.165, 1.54) is 70.6 Å². The Hall–Kier alpha value is 0.0900. The molecule has 0 spiro atoms. The van der Waals surface area contributed by atoms with Crippen LogP contribution in [0.25, 0.3) is 0 Å². The molecule has 4 aliphatic rings. The van der Waals surface area contributed by atoms with E-state index in [0.29, 0.717) is 10.8 Å². The monoisotopic (exact) mass is 416 g/mol. The van der Waals surface area contributed by atoms with Gasteiger partial charge in [-0.25, -0.2) is 0 Å². The smallest absolute Gasteiger partial charge is 0.00819 e. The van der Waals surface area contributed by atoms with Gasteiger partial charge >= 0.3 is 0 Å². The van der Waals surface area contributed by atoms with E-state index < -0.39 is 0 Å². The molecule has 166 valence electrons. The van der Waals surface area contributed by atoms with Crippen molar-refractivity contribution in [1.29, 1.82) is 0 Å². The number of thioether (sulfide) groups is 1. The molecule has 1 heteroatoms. The van der Waals surface area contributed by atoms with E-state index in [1.807, 2.05) is 5.57 Å². The van der Waals surface area contributed by atoms with Gasteiger partial charge in [-0.2, -0.15) is 11.8 Å². The van der Waals surface area contributed by atoms with Crippen molar-refractivity contribution >= 4 is 11.8 Å². The molecule has 0 N–H and O–H groups in total. The van der Waals surface area contributed by atoms with Crippen LogP contribution in [0.5, 0.6) is 0 Å². The summed E-state index contributed by atoms with van der Waals surface area (Å²) in [5.74, 6) is 5.77. The first-order valence-corrected chi connectivity index (χ1v) is 14.3. The van der Waals surface area contributed by atoms with E-state index in [1.54, 1.807) is 0 Å². The zero-order valence-corrected chi connectivity index (χ0v) is 21.1. The highest BCUT2D eigenvalue weighted by Gasteiger charge is 2.59. The first-order valence-electron chi connectivity index (χ1n) is 13.0. The lowest BCUT2D eigenvalue weighted by atomic mass is 9.47. The first-order chi connectivity index (χ1) is 13.8. The van der Waals surface area contributed by atoms with Gasteiger partial charge in [-0.3, -0.25) is 0 Å². The van der Waals surface area contributed by atoms with Crippen LogP contribution in [-0.4, -0.2) is 11.5 Å². The van der Waals surface area contributed by atoms with Crippen LogP contribution >= 0.6 is 11.8 Å². The molecule has 0 heterocycles. The second-order valence-corrected chi connectivity index (χ2v) is 13.5. The van der Waals surface area contributed by atoms with Gasteiger partial charge in [0.15, 0.2) is 0 Å². The number of hydrogen-bond acceptors (Lipinski definition) is 1. The van der Waals surface area contributed by atoms with Gasteiger partial charge in [-0.1, -0.05) is 65.5 Å². The van der Waals surface area contributed by atoms with Crippen molar-refractivity contribution in [2.45, 2.75) is 110 Å². The number of fused-ring (bicyclic) bond motifs is 5. The molecule has 4 aliphatic carbocycles. The Morgan fingerprint density at radius 2 is 1.79 bits per heavy atom. The minimum atomic E-state index is 0.539. The number of hydrogen-bond donors (Lipinski definition) is 0. The standard InChI is InChI=1S/C28H48S/c1-19(2)8-7-9-20(3)24-12-13-25-23-11-10-21-18-22(29-6)14-16-27(21,4)26(23)15-17-28(24,25)5/h10,19-20,22-26H,7-9,11-18H2,1-6H3/t20-,22-,23+,24-,25+,26+,27+,28-/m1/s1. The van der Waals surface area contributed by atoms with Crippen LogP contribution in [0.1, 0.15) is 105 Å². The van der Waals surface area contributed by atoms with Crippen molar-refractivity contribution in [2.75, 3.05) is 6.26 Å². The first kappa shape index (κ1) is 22.3. The average molecular weight is 417 g/mol. The molecule has 0 bridgehead atoms. The van der Waals surface area contributed by atoms with Crippen LogP contribution in [0.15, 0.2) is 11.6 Å². The van der Waals surface area contributed by atoms with E-state index in [4.69, 9.17) is 0 Å². The average Bonchev–Trinajstić information content (AvgIpc) is 3.04. The lowest BCUT2D eigenvalue weighted by Gasteiger charge is -2.58. The van der Waals surface area contributed by atoms with Gasteiger partial charge in [0.05, 0.1) is 0 Å². The van der Waals surface area contributed by atoms with Gasteiger partial charge in [0.1, 0.15) is 0 Å². The fraction of sp³-hybridized carbons (Fsp3) is 0.929. The molecule has 0 nitrogen and oxygen atoms in total. The molecule has 8 atom stereocenters. The lowest BCUT2D eigenvalue weighted by molar-refractivity contribution is -0.0497. The van der Waals surface area contributed by atoms with Crippen molar-refractivity contribution < 1.29 is 0 Å². The zero-order chi connectivity index (χ0) is 20.8. The number of allylic oxidation sites excluding steroid dienone is 2. The topological polar surface area (TPSA) is 0 Å². The van der Waals surface area contributed by atoms with Crippen molar-refractivity contribution in [2.24, 2.45) is 46.3 Å². The molecule has 3 fully saturated rings. The summed E-state index contributed by atoms with van der Waals surface area (Å²) in [6.07, 6.45) is 21.2. The van der Waals surface area contributed by atoms with Gasteiger partial charge in [0.2, 0.25) is 0 Å². The Bertz CT molecular complexity index is 605. The predicted molar refractivity (Wildman–Crippen MR) is 130 cm³/mol. The maximum absolute atomic E-state index is 2.76. The quantitative estimate of drug-likeness (QED) is 0.390. The molecule has 0 aromatic rings. The minimum absolute atomic E-state index is 0.539. The van der Waals surface area contributed by atoms with Crippen LogP contribution in [-0.2, 0) is 0 Å². The summed E-state index contributed by atoms with van der Waals surface area (Å²) in [4.78, 5) is 0. The maximum atomic E-state index is 2.76. The third kappa shape index (κ3) is 3.89. The van der Waals surface area contributed by atoms with Crippen LogP contribution in [0, 0.1) is 46.3 Å². The van der Waals surface area contributed by atoms with E-state index in [2.05, 4.69) is 58.7 Å². The lowest BCUT2D eigenvalue weighted by Crippen LogP contribution is -2.50. The molecule has 0 radical (unpaired) electrons. The van der Waals surface area contributed by atoms with E-state index in [0.717, 1.165) is 40.8 Å². The van der Waals surface area contributed by atoms with E-state index in [9.17, 15) is 0 Å². The van der Waals surface area contributed by atoms with Crippen LogP contribution < -0.4 is 0 Å². The molecule has 0 unspecified atom stereocenters. The summed E-state index contributed by atoms with van der Waals surface area (Å²) in [6.45, 7) is 12.8. The van der Waals surface area contributed by atoms with Crippen molar-refractivity contribution in [3.05, 3.63) is 11.6 Å². The minimum Gasteiger partial charge on any atom is -0.162 e. The molecule has 3 saturated carbocycles. The molecule has 0 aromatic heterocycles. The predicted octanol–water partition coefficient (Wildman–Crippen LogP) is 8.76. The highest BCUT2D eigenvalue weighted by Crippen LogP contribution is 2.67. The maximum Gasteiger partial charge on any atom is 0.00819 e. The molecular weight excluding hydrogens is 368 g/mol. The SMILES string of the molecule is CS[C@@H]1CC[C@@]2(C)C(=CC[C@H]3[C@@H]4CC[C@H]([C@H](C)CCCC(C)C)[C@@]4(C)CC[C@@H]32)C1. The van der Waals surface area contributed by atoms with Crippen LogP contribution in [0.2, 0.25) is 0 Å². The van der Waals surface area contributed by atoms with Gasteiger partial charge < -0.3 is 0 Å². The molecular formula is C28H48S. The molecule has 0 aromatic carbocycles. The van der Waals surface area contributed by atoms with Gasteiger partial charge in [0.25, 0.3) is 0 Å². The summed E-state index contributed by atoms with van der Waals surface area (Å²) in [6, 6.07) is 0. The second-order valence-electron chi connectivity index (χ2n) is 12.4. The van der Waals surface area contributed by atoms with Crippen molar-refractivity contribution in [3.63, 3.8) is 0 Å². The van der Waals surface area contributed by atoms with E-state index in [-0.39, 0.29) is 0 Å². The summed E-state index contributed by atoms with van der Waals surface area (Å²) in [7, 11) is 0. The van der Waals surface area contributed by atoms with Crippen LogP contribution in [0.3, 0.4) is 0 Å². The van der Waals surface area contributed by atoms with E-state index >= 15 is 0 Å². The summed E-state index contributed by atoms with van der Waals surface area (Å²) >= 11 is 2.12. The Kier molecular flexibility index (Phi) is 6.57. The molecule has 4 rings (SSSR count). The third-order valence-electron chi connectivity index (χ3n) is 10.6. The highest BCUT2D eigenvalue weighted by atomic mass is 32.2. The molecule has 0 saturated heterocycles. The fourth-order valence-corrected chi connectivity index (χ4v) is 9.55. The Balaban J connectivity index is 1.48. The van der Waals surface area contributed by atoms with Gasteiger partial charge in [-0.05, 0) is 104 Å². The Morgan fingerprint density at radius 3 is 2.52 bits per heavy atom.